The molecule has 1 saturated heterocycles. The summed E-state index contributed by atoms with van der Waals surface area (Å²) >= 11 is 11.9. The number of anilines is 1. The number of urea groups is 1. The molecule has 1 fully saturated rings. The first kappa shape index (κ1) is 11.2. The van der Waals surface area contributed by atoms with Crippen molar-refractivity contribution in [3.8, 4) is 0 Å². The van der Waals surface area contributed by atoms with Crippen molar-refractivity contribution in [3.05, 3.63) is 27.7 Å². The molecular weight excluding hydrogens is 251 g/mol. The molecule has 0 atom stereocenters. The predicted octanol–water partition coefficient (Wildman–Crippen LogP) is 2.36. The van der Waals surface area contributed by atoms with Crippen LogP contribution in [0.2, 0.25) is 10.0 Å². The van der Waals surface area contributed by atoms with Gasteiger partial charge in [-0.3, -0.25) is 4.79 Å². The lowest BCUT2D eigenvalue weighted by Crippen LogP contribution is -2.30. The quantitative estimate of drug-likeness (QED) is 0.787. The van der Waals surface area contributed by atoms with Crippen LogP contribution < -0.4 is 10.2 Å². The number of carbonyl (C=O) groups excluding carboxylic acids is 2. The molecule has 16 heavy (non-hydrogen) atoms. The number of rotatable bonds is 1. The summed E-state index contributed by atoms with van der Waals surface area (Å²) in [5, 5.41) is 3.21. The largest absolute Gasteiger partial charge is 0.329 e. The number of hydrogen-bond donors (Lipinski definition) is 1. The van der Waals surface area contributed by atoms with Crippen LogP contribution in [0.1, 0.15) is 5.56 Å². The summed E-state index contributed by atoms with van der Waals surface area (Å²) < 4.78 is 0. The third kappa shape index (κ3) is 1.74. The van der Waals surface area contributed by atoms with E-state index in [0.717, 1.165) is 10.5 Å². The van der Waals surface area contributed by atoms with Crippen molar-refractivity contribution in [2.45, 2.75) is 6.92 Å². The van der Waals surface area contributed by atoms with E-state index >= 15 is 0 Å². The van der Waals surface area contributed by atoms with Crippen molar-refractivity contribution in [3.63, 3.8) is 0 Å². The molecule has 1 aliphatic rings. The average molecular weight is 259 g/mol. The SMILES string of the molecule is Cc1cc(Cl)c(N2C(=O)CNC2=O)cc1Cl. The molecule has 0 aromatic heterocycles. The van der Waals surface area contributed by atoms with Crippen molar-refractivity contribution in [1.82, 2.24) is 5.32 Å². The van der Waals surface area contributed by atoms with Crippen molar-refractivity contribution >= 4 is 40.8 Å². The highest BCUT2D eigenvalue weighted by atomic mass is 35.5. The summed E-state index contributed by atoms with van der Waals surface area (Å²) in [4.78, 5) is 23.9. The van der Waals surface area contributed by atoms with Gasteiger partial charge in [-0.15, -0.1) is 0 Å². The monoisotopic (exact) mass is 258 g/mol. The highest BCUT2D eigenvalue weighted by Gasteiger charge is 2.31. The van der Waals surface area contributed by atoms with Gasteiger partial charge in [0, 0.05) is 5.02 Å². The number of hydrogen-bond acceptors (Lipinski definition) is 2. The van der Waals surface area contributed by atoms with Crippen molar-refractivity contribution in [2.24, 2.45) is 0 Å². The molecule has 4 nitrogen and oxygen atoms in total. The number of amides is 3. The van der Waals surface area contributed by atoms with Crippen LogP contribution in [0, 0.1) is 6.92 Å². The molecular formula is C10H8Cl2N2O2. The molecule has 0 spiro atoms. The third-order valence-corrected chi connectivity index (χ3v) is 3.02. The van der Waals surface area contributed by atoms with Crippen LogP contribution in [0.3, 0.4) is 0 Å². The first-order valence-electron chi connectivity index (χ1n) is 4.57. The van der Waals surface area contributed by atoms with Crippen LogP contribution in [-0.2, 0) is 4.79 Å². The van der Waals surface area contributed by atoms with Gasteiger partial charge in [0.1, 0.15) is 0 Å². The fourth-order valence-electron chi connectivity index (χ4n) is 1.47. The summed E-state index contributed by atoms with van der Waals surface area (Å²) in [5.41, 5.74) is 1.11. The summed E-state index contributed by atoms with van der Waals surface area (Å²) in [7, 11) is 0. The van der Waals surface area contributed by atoms with Crippen molar-refractivity contribution < 1.29 is 9.59 Å². The molecule has 84 valence electrons. The molecule has 0 bridgehead atoms. The van der Waals surface area contributed by atoms with E-state index in [1.807, 2.05) is 0 Å². The number of imide groups is 1. The van der Waals surface area contributed by atoms with Crippen molar-refractivity contribution in [2.75, 3.05) is 11.4 Å². The van der Waals surface area contributed by atoms with Gasteiger partial charge in [-0.1, -0.05) is 23.2 Å². The Morgan fingerprint density at radius 2 is 1.94 bits per heavy atom. The van der Waals surface area contributed by atoms with Gasteiger partial charge in [0.25, 0.3) is 5.91 Å². The first-order chi connectivity index (χ1) is 7.50. The summed E-state index contributed by atoms with van der Waals surface area (Å²) in [6.07, 6.45) is 0. The van der Waals surface area contributed by atoms with Crippen LogP contribution in [0.5, 0.6) is 0 Å². The number of benzene rings is 1. The highest BCUT2D eigenvalue weighted by Crippen LogP contribution is 2.32. The Balaban J connectivity index is 2.51. The van der Waals surface area contributed by atoms with E-state index in [0.29, 0.717) is 15.7 Å². The van der Waals surface area contributed by atoms with Crippen LogP contribution in [0.4, 0.5) is 10.5 Å². The van der Waals surface area contributed by atoms with Crippen LogP contribution in [0.25, 0.3) is 0 Å². The Morgan fingerprint density at radius 3 is 2.50 bits per heavy atom. The van der Waals surface area contributed by atoms with E-state index in [-0.39, 0.29) is 12.5 Å². The molecule has 3 amide bonds. The number of carbonyl (C=O) groups is 2. The fraction of sp³-hybridized carbons (Fsp3) is 0.200. The van der Waals surface area contributed by atoms with E-state index < -0.39 is 6.03 Å². The Hall–Kier alpha value is -1.26. The van der Waals surface area contributed by atoms with Crippen LogP contribution in [0.15, 0.2) is 12.1 Å². The van der Waals surface area contributed by atoms with Gasteiger partial charge in [0.15, 0.2) is 0 Å². The molecule has 1 aromatic carbocycles. The molecule has 1 aliphatic heterocycles. The molecule has 0 unspecified atom stereocenters. The number of halogens is 2. The van der Waals surface area contributed by atoms with Gasteiger partial charge in [-0.25, -0.2) is 9.69 Å². The lowest BCUT2D eigenvalue weighted by Gasteiger charge is -2.15. The summed E-state index contributed by atoms with van der Waals surface area (Å²) in [6, 6.07) is 2.66. The lowest BCUT2D eigenvalue weighted by molar-refractivity contribution is -0.115. The zero-order valence-corrected chi connectivity index (χ0v) is 9.89. The maximum absolute atomic E-state index is 11.5. The molecule has 1 aromatic rings. The first-order valence-corrected chi connectivity index (χ1v) is 5.32. The van der Waals surface area contributed by atoms with Gasteiger partial charge >= 0.3 is 6.03 Å². The Labute approximate surface area is 102 Å². The second-order valence-electron chi connectivity index (χ2n) is 3.44. The molecule has 6 heteroatoms. The molecule has 1 heterocycles. The second-order valence-corrected chi connectivity index (χ2v) is 4.26. The van der Waals surface area contributed by atoms with E-state index in [1.165, 1.54) is 6.07 Å². The number of aryl methyl sites for hydroxylation is 1. The minimum absolute atomic E-state index is 0.0132. The van der Waals surface area contributed by atoms with Crippen LogP contribution in [-0.4, -0.2) is 18.5 Å². The summed E-state index contributed by atoms with van der Waals surface area (Å²) in [6.45, 7) is 1.78. The normalized spacial score (nSPS) is 15.6. The topological polar surface area (TPSA) is 49.4 Å². The van der Waals surface area contributed by atoms with E-state index in [4.69, 9.17) is 23.2 Å². The maximum Gasteiger partial charge on any atom is 0.329 e. The average Bonchev–Trinajstić information content (AvgIpc) is 2.53. The highest BCUT2D eigenvalue weighted by molar-refractivity contribution is 6.37. The molecule has 1 N–H and O–H groups in total. The van der Waals surface area contributed by atoms with E-state index in [9.17, 15) is 9.59 Å². The minimum Gasteiger partial charge on any atom is -0.328 e. The van der Waals surface area contributed by atoms with Gasteiger partial charge in [-0.05, 0) is 24.6 Å². The third-order valence-electron chi connectivity index (χ3n) is 2.31. The molecule has 0 aliphatic carbocycles. The van der Waals surface area contributed by atoms with Crippen LogP contribution >= 0.6 is 23.2 Å². The Bertz CT molecular complexity index is 472. The van der Waals surface area contributed by atoms with Crippen molar-refractivity contribution in [1.29, 1.82) is 0 Å². The second kappa shape index (κ2) is 3.96. The Morgan fingerprint density at radius 1 is 1.25 bits per heavy atom. The lowest BCUT2D eigenvalue weighted by atomic mass is 10.2. The van der Waals surface area contributed by atoms with Gasteiger partial charge in [0.05, 0.1) is 17.3 Å². The minimum atomic E-state index is -0.480. The van der Waals surface area contributed by atoms with E-state index in [1.54, 1.807) is 13.0 Å². The molecule has 0 saturated carbocycles. The van der Waals surface area contributed by atoms with E-state index in [2.05, 4.69) is 5.32 Å². The van der Waals surface area contributed by atoms with Gasteiger partial charge in [-0.2, -0.15) is 0 Å². The van der Waals surface area contributed by atoms with Gasteiger partial charge in [0.2, 0.25) is 0 Å². The molecule has 2 rings (SSSR count). The zero-order chi connectivity index (χ0) is 11.9. The number of nitrogens with one attached hydrogen (secondary N) is 1. The standard InChI is InChI=1S/C10H8Cl2N2O2/c1-5-2-7(12)8(3-6(5)11)14-9(15)4-13-10(14)16/h2-3H,4H2,1H3,(H,13,16). The number of nitrogens with zero attached hydrogens (tertiary/aromatic N) is 1. The maximum atomic E-state index is 11.5. The predicted molar refractivity (Wildman–Crippen MR) is 62.1 cm³/mol. The zero-order valence-electron chi connectivity index (χ0n) is 8.38. The molecule has 0 radical (unpaired) electrons. The summed E-state index contributed by atoms with van der Waals surface area (Å²) in [5.74, 6) is -0.341. The fourth-order valence-corrected chi connectivity index (χ4v) is 1.93. The van der Waals surface area contributed by atoms with Gasteiger partial charge < -0.3 is 5.32 Å². The smallest absolute Gasteiger partial charge is 0.328 e. The Kier molecular flexibility index (Phi) is 2.78.